The number of carbonyl (C=O) groups excluding carboxylic acids is 2. The third kappa shape index (κ3) is 5.28. The second-order valence-electron chi connectivity index (χ2n) is 8.32. The van der Waals surface area contributed by atoms with E-state index in [1.807, 2.05) is 18.2 Å². The molecule has 4 rings (SSSR count). The fourth-order valence-corrected chi connectivity index (χ4v) is 4.16. The molecule has 1 fully saturated rings. The van der Waals surface area contributed by atoms with Crippen LogP contribution in [0.1, 0.15) is 18.2 Å². The van der Waals surface area contributed by atoms with Gasteiger partial charge in [0, 0.05) is 45.2 Å². The molecule has 1 aliphatic heterocycles. The standard InChI is InChI=1S/C25H28N4O4/c1-18(24(31)29-14-12-28(13-15-29)17-19-8-4-3-5-9-19)33-23(30)16-22-20-10-6-7-11-21(20)25(32)27(2)26-22/h3-11,18H,12-17H2,1-2H3. The maximum atomic E-state index is 12.8. The Hall–Kier alpha value is -3.52. The lowest BCUT2D eigenvalue weighted by Gasteiger charge is -2.35. The second-order valence-corrected chi connectivity index (χ2v) is 8.32. The molecule has 2 aromatic carbocycles. The minimum atomic E-state index is -0.878. The number of fused-ring (bicyclic) bond motifs is 1. The lowest BCUT2D eigenvalue weighted by Crippen LogP contribution is -2.51. The topological polar surface area (TPSA) is 84.7 Å². The number of rotatable bonds is 6. The highest BCUT2D eigenvalue weighted by Gasteiger charge is 2.27. The summed E-state index contributed by atoms with van der Waals surface area (Å²) in [6.45, 7) is 5.20. The van der Waals surface area contributed by atoms with Crippen LogP contribution in [0.15, 0.2) is 59.4 Å². The van der Waals surface area contributed by atoms with Crippen LogP contribution in [-0.2, 0) is 34.3 Å². The molecule has 0 radical (unpaired) electrons. The fraction of sp³-hybridized carbons (Fsp3) is 0.360. The zero-order valence-corrected chi connectivity index (χ0v) is 18.9. The van der Waals surface area contributed by atoms with E-state index in [4.69, 9.17) is 4.74 Å². The zero-order chi connectivity index (χ0) is 23.4. The number of hydrogen-bond donors (Lipinski definition) is 0. The Balaban J connectivity index is 1.32. The summed E-state index contributed by atoms with van der Waals surface area (Å²) >= 11 is 0. The quantitative estimate of drug-likeness (QED) is 0.534. The van der Waals surface area contributed by atoms with Crippen molar-refractivity contribution < 1.29 is 14.3 Å². The van der Waals surface area contributed by atoms with Crippen molar-refractivity contribution >= 4 is 22.6 Å². The molecule has 1 aliphatic rings. The van der Waals surface area contributed by atoms with Crippen molar-refractivity contribution in [1.82, 2.24) is 19.6 Å². The Morgan fingerprint density at radius 1 is 0.970 bits per heavy atom. The molecule has 172 valence electrons. The van der Waals surface area contributed by atoms with Crippen LogP contribution in [0.3, 0.4) is 0 Å². The minimum Gasteiger partial charge on any atom is -0.452 e. The summed E-state index contributed by atoms with van der Waals surface area (Å²) < 4.78 is 6.66. The smallest absolute Gasteiger partial charge is 0.312 e. The van der Waals surface area contributed by atoms with Gasteiger partial charge in [-0.3, -0.25) is 19.3 Å². The molecular weight excluding hydrogens is 420 g/mol. The second kappa shape index (κ2) is 9.95. The van der Waals surface area contributed by atoms with Gasteiger partial charge < -0.3 is 9.64 Å². The van der Waals surface area contributed by atoms with Crippen LogP contribution in [-0.4, -0.2) is 63.7 Å². The summed E-state index contributed by atoms with van der Waals surface area (Å²) in [4.78, 5) is 41.7. The molecule has 3 aromatic rings. The largest absolute Gasteiger partial charge is 0.452 e. The maximum Gasteiger partial charge on any atom is 0.312 e. The Bertz CT molecular complexity index is 1200. The minimum absolute atomic E-state index is 0.114. The number of benzene rings is 2. The van der Waals surface area contributed by atoms with Crippen molar-refractivity contribution in [3.8, 4) is 0 Å². The number of esters is 1. The molecule has 1 aromatic heterocycles. The van der Waals surface area contributed by atoms with Gasteiger partial charge >= 0.3 is 5.97 Å². The number of aryl methyl sites for hydroxylation is 1. The average molecular weight is 449 g/mol. The number of amides is 1. The van der Waals surface area contributed by atoms with E-state index in [2.05, 4.69) is 22.1 Å². The molecule has 0 spiro atoms. The summed E-state index contributed by atoms with van der Waals surface area (Å²) in [7, 11) is 1.55. The van der Waals surface area contributed by atoms with Gasteiger partial charge in [-0.25, -0.2) is 4.68 Å². The molecule has 8 heteroatoms. The van der Waals surface area contributed by atoms with Gasteiger partial charge in [0.2, 0.25) is 0 Å². The van der Waals surface area contributed by atoms with Gasteiger partial charge in [-0.05, 0) is 18.6 Å². The number of carbonyl (C=O) groups is 2. The molecule has 1 amide bonds. The fourth-order valence-electron chi connectivity index (χ4n) is 4.16. The zero-order valence-electron chi connectivity index (χ0n) is 18.9. The Morgan fingerprint density at radius 3 is 2.30 bits per heavy atom. The first-order valence-electron chi connectivity index (χ1n) is 11.1. The van der Waals surface area contributed by atoms with Gasteiger partial charge in [0.15, 0.2) is 6.10 Å². The molecule has 8 nitrogen and oxygen atoms in total. The third-order valence-corrected chi connectivity index (χ3v) is 5.93. The predicted molar refractivity (Wildman–Crippen MR) is 125 cm³/mol. The molecule has 0 bridgehead atoms. The summed E-state index contributed by atoms with van der Waals surface area (Å²) in [6.07, 6.45) is -0.992. The first-order valence-corrected chi connectivity index (χ1v) is 11.1. The molecule has 0 saturated carbocycles. The average Bonchev–Trinajstić information content (AvgIpc) is 2.83. The van der Waals surface area contributed by atoms with Gasteiger partial charge in [0.05, 0.1) is 17.5 Å². The highest BCUT2D eigenvalue weighted by molar-refractivity contribution is 5.88. The van der Waals surface area contributed by atoms with E-state index in [0.29, 0.717) is 29.6 Å². The van der Waals surface area contributed by atoms with Crippen molar-refractivity contribution in [2.24, 2.45) is 7.05 Å². The number of nitrogens with zero attached hydrogens (tertiary/aromatic N) is 4. The lowest BCUT2D eigenvalue weighted by atomic mass is 10.1. The van der Waals surface area contributed by atoms with Gasteiger partial charge in [-0.15, -0.1) is 0 Å². The van der Waals surface area contributed by atoms with E-state index in [-0.39, 0.29) is 17.9 Å². The summed E-state index contributed by atoms with van der Waals surface area (Å²) in [5, 5.41) is 5.34. The number of aromatic nitrogens is 2. The Morgan fingerprint density at radius 2 is 1.61 bits per heavy atom. The van der Waals surface area contributed by atoms with E-state index >= 15 is 0 Å². The van der Waals surface area contributed by atoms with Crippen LogP contribution in [0.2, 0.25) is 0 Å². The highest BCUT2D eigenvalue weighted by Crippen LogP contribution is 2.15. The van der Waals surface area contributed by atoms with E-state index in [0.717, 1.165) is 19.6 Å². The molecule has 1 atom stereocenters. The van der Waals surface area contributed by atoms with Crippen LogP contribution < -0.4 is 5.56 Å². The van der Waals surface area contributed by atoms with Gasteiger partial charge in [-0.2, -0.15) is 5.10 Å². The van der Waals surface area contributed by atoms with Crippen LogP contribution in [0.25, 0.3) is 10.8 Å². The first-order chi connectivity index (χ1) is 15.9. The van der Waals surface area contributed by atoms with E-state index in [1.54, 1.807) is 43.1 Å². The number of piperazine rings is 1. The summed E-state index contributed by atoms with van der Waals surface area (Å²) in [5.41, 5.74) is 1.48. The molecule has 33 heavy (non-hydrogen) atoms. The van der Waals surface area contributed by atoms with E-state index in [9.17, 15) is 14.4 Å². The predicted octanol–water partition coefficient (Wildman–Crippen LogP) is 1.75. The molecule has 0 aliphatic carbocycles. The highest BCUT2D eigenvalue weighted by atomic mass is 16.5. The normalized spacial score (nSPS) is 15.4. The van der Waals surface area contributed by atoms with E-state index in [1.165, 1.54) is 10.2 Å². The van der Waals surface area contributed by atoms with Crippen LogP contribution in [0, 0.1) is 0 Å². The van der Waals surface area contributed by atoms with Gasteiger partial charge in [0.1, 0.15) is 0 Å². The maximum absolute atomic E-state index is 12.8. The monoisotopic (exact) mass is 448 g/mol. The molecular formula is C25H28N4O4. The number of ether oxygens (including phenoxy) is 1. The SMILES string of the molecule is CC(OC(=O)Cc1nn(C)c(=O)c2ccccc12)C(=O)N1CCN(Cc2ccccc2)CC1. The van der Waals surface area contributed by atoms with Crippen molar-refractivity contribution in [2.45, 2.75) is 26.0 Å². The summed E-state index contributed by atoms with van der Waals surface area (Å²) in [5.74, 6) is -0.740. The van der Waals surface area contributed by atoms with Crippen LogP contribution in [0.5, 0.6) is 0 Å². The molecule has 0 N–H and O–H groups in total. The van der Waals surface area contributed by atoms with Crippen molar-refractivity contribution in [3.05, 3.63) is 76.2 Å². The van der Waals surface area contributed by atoms with Crippen LogP contribution >= 0.6 is 0 Å². The Kier molecular flexibility index (Phi) is 6.84. The van der Waals surface area contributed by atoms with Crippen molar-refractivity contribution in [3.63, 3.8) is 0 Å². The third-order valence-electron chi connectivity index (χ3n) is 5.93. The molecule has 1 unspecified atom stereocenters. The Labute approximate surface area is 192 Å². The first kappa shape index (κ1) is 22.7. The van der Waals surface area contributed by atoms with Gasteiger partial charge in [-0.1, -0.05) is 48.5 Å². The van der Waals surface area contributed by atoms with Crippen molar-refractivity contribution in [2.75, 3.05) is 26.2 Å². The van der Waals surface area contributed by atoms with Crippen molar-refractivity contribution in [1.29, 1.82) is 0 Å². The summed E-state index contributed by atoms with van der Waals surface area (Å²) in [6, 6.07) is 17.3. The molecule has 1 saturated heterocycles. The van der Waals surface area contributed by atoms with Crippen LogP contribution in [0.4, 0.5) is 0 Å². The number of hydrogen-bond acceptors (Lipinski definition) is 6. The lowest BCUT2D eigenvalue weighted by molar-refractivity contribution is -0.159. The van der Waals surface area contributed by atoms with Gasteiger partial charge in [0.25, 0.3) is 11.5 Å². The van der Waals surface area contributed by atoms with E-state index < -0.39 is 12.1 Å². The molecule has 2 heterocycles.